The molecule has 0 spiro atoms. The summed E-state index contributed by atoms with van der Waals surface area (Å²) in [5.41, 5.74) is 1.18. The zero-order valence-electron chi connectivity index (χ0n) is 11.5. The molecule has 1 aliphatic rings. The first kappa shape index (κ1) is 14.0. The van der Waals surface area contributed by atoms with Crippen LogP contribution in [0.15, 0.2) is 30.3 Å². The molecule has 0 bridgehead atoms. The van der Waals surface area contributed by atoms with Gasteiger partial charge in [0.15, 0.2) is 0 Å². The maximum Gasteiger partial charge on any atom is 0.323 e. The van der Waals surface area contributed by atoms with Gasteiger partial charge in [-0.25, -0.2) is 4.79 Å². The Morgan fingerprint density at radius 2 is 2.00 bits per heavy atom. The predicted octanol–water partition coefficient (Wildman–Crippen LogP) is 1.99. The lowest BCUT2D eigenvalue weighted by atomic mass is 10.2. The van der Waals surface area contributed by atoms with Crippen molar-refractivity contribution >= 4 is 22.5 Å². The molecule has 1 aromatic carbocycles. The van der Waals surface area contributed by atoms with Crippen molar-refractivity contribution in [3.05, 3.63) is 40.9 Å². The lowest BCUT2D eigenvalue weighted by molar-refractivity contribution is 0.0564. The highest BCUT2D eigenvalue weighted by Crippen LogP contribution is 2.19. The normalized spacial score (nSPS) is 15.0. The van der Waals surface area contributed by atoms with E-state index in [4.69, 9.17) is 4.74 Å². The zero-order valence-corrected chi connectivity index (χ0v) is 12.3. The number of carbonyl (C=O) groups excluding carboxylic acids is 1. The standard InChI is InChI=1S/C14H16N4O2S/c19-14(18-6-8-20-9-7-18)15-13-17-16-12(21-13)10-11-4-2-1-3-5-11/h1-5H,6-10H2,(H,15,17,19). The van der Waals surface area contributed by atoms with Gasteiger partial charge in [-0.05, 0) is 5.56 Å². The number of anilines is 1. The summed E-state index contributed by atoms with van der Waals surface area (Å²) in [5, 5.41) is 12.4. The Balaban J connectivity index is 1.58. The third kappa shape index (κ3) is 3.77. The lowest BCUT2D eigenvalue weighted by Crippen LogP contribution is -2.43. The smallest absolute Gasteiger partial charge is 0.323 e. The molecule has 1 aliphatic heterocycles. The summed E-state index contributed by atoms with van der Waals surface area (Å²) in [7, 11) is 0. The SMILES string of the molecule is O=C(Nc1nnc(Cc2ccccc2)s1)N1CCOCC1. The molecule has 2 heterocycles. The summed E-state index contributed by atoms with van der Waals surface area (Å²) in [5.74, 6) is 0. The van der Waals surface area contributed by atoms with E-state index >= 15 is 0 Å². The molecule has 3 rings (SSSR count). The van der Waals surface area contributed by atoms with Crippen molar-refractivity contribution in [3.8, 4) is 0 Å². The van der Waals surface area contributed by atoms with Crippen LogP contribution in [-0.2, 0) is 11.2 Å². The highest BCUT2D eigenvalue weighted by atomic mass is 32.1. The van der Waals surface area contributed by atoms with E-state index in [9.17, 15) is 4.79 Å². The minimum Gasteiger partial charge on any atom is -0.378 e. The molecule has 0 saturated carbocycles. The van der Waals surface area contributed by atoms with E-state index in [0.717, 1.165) is 11.4 Å². The highest BCUT2D eigenvalue weighted by Gasteiger charge is 2.18. The number of nitrogens with one attached hydrogen (secondary N) is 1. The first-order chi connectivity index (χ1) is 10.3. The number of hydrogen-bond acceptors (Lipinski definition) is 5. The van der Waals surface area contributed by atoms with Crippen molar-refractivity contribution in [2.45, 2.75) is 6.42 Å². The molecule has 2 aromatic rings. The molecule has 0 unspecified atom stereocenters. The van der Waals surface area contributed by atoms with Gasteiger partial charge in [-0.2, -0.15) is 0 Å². The van der Waals surface area contributed by atoms with E-state index in [-0.39, 0.29) is 6.03 Å². The number of amides is 2. The minimum absolute atomic E-state index is 0.138. The van der Waals surface area contributed by atoms with Crippen LogP contribution in [0.3, 0.4) is 0 Å². The summed E-state index contributed by atoms with van der Waals surface area (Å²) in [6.07, 6.45) is 0.728. The van der Waals surface area contributed by atoms with Gasteiger partial charge >= 0.3 is 6.03 Å². The average Bonchev–Trinajstić information content (AvgIpc) is 2.96. The second-order valence-corrected chi connectivity index (χ2v) is 5.75. The molecule has 2 amide bonds. The van der Waals surface area contributed by atoms with Crippen LogP contribution in [0, 0.1) is 0 Å². The maximum atomic E-state index is 12.0. The number of hydrogen-bond donors (Lipinski definition) is 1. The monoisotopic (exact) mass is 304 g/mol. The third-order valence-corrected chi connectivity index (χ3v) is 4.02. The lowest BCUT2D eigenvalue weighted by Gasteiger charge is -2.26. The van der Waals surface area contributed by atoms with Crippen molar-refractivity contribution < 1.29 is 9.53 Å². The summed E-state index contributed by atoms with van der Waals surface area (Å²) in [6.45, 7) is 2.40. The van der Waals surface area contributed by atoms with Crippen LogP contribution in [-0.4, -0.2) is 47.4 Å². The fraction of sp³-hybridized carbons (Fsp3) is 0.357. The van der Waals surface area contributed by atoms with Crippen molar-refractivity contribution in [3.63, 3.8) is 0 Å². The van der Waals surface area contributed by atoms with Gasteiger partial charge in [0.25, 0.3) is 0 Å². The van der Waals surface area contributed by atoms with Gasteiger partial charge in [0.1, 0.15) is 5.01 Å². The van der Waals surface area contributed by atoms with Crippen LogP contribution < -0.4 is 5.32 Å². The van der Waals surface area contributed by atoms with Gasteiger partial charge in [-0.1, -0.05) is 41.7 Å². The molecule has 0 atom stereocenters. The molecular formula is C14H16N4O2S. The van der Waals surface area contributed by atoms with Crippen molar-refractivity contribution in [1.82, 2.24) is 15.1 Å². The van der Waals surface area contributed by atoms with Gasteiger partial charge in [0, 0.05) is 19.5 Å². The van der Waals surface area contributed by atoms with Crippen molar-refractivity contribution in [2.24, 2.45) is 0 Å². The van der Waals surface area contributed by atoms with E-state index in [0.29, 0.717) is 31.4 Å². The van der Waals surface area contributed by atoms with E-state index in [1.165, 1.54) is 16.9 Å². The molecule has 110 valence electrons. The molecule has 1 saturated heterocycles. The van der Waals surface area contributed by atoms with Crippen LogP contribution >= 0.6 is 11.3 Å². The summed E-state index contributed by atoms with van der Waals surface area (Å²) < 4.78 is 5.22. The Morgan fingerprint density at radius 1 is 1.24 bits per heavy atom. The molecule has 1 N–H and O–H groups in total. The molecule has 21 heavy (non-hydrogen) atoms. The van der Waals surface area contributed by atoms with Gasteiger partial charge in [0.05, 0.1) is 13.2 Å². The summed E-state index contributed by atoms with van der Waals surface area (Å²) in [4.78, 5) is 13.8. The average molecular weight is 304 g/mol. The van der Waals surface area contributed by atoms with Crippen LogP contribution in [0.1, 0.15) is 10.6 Å². The number of nitrogens with zero attached hydrogens (tertiary/aromatic N) is 3. The number of aromatic nitrogens is 2. The molecule has 0 radical (unpaired) electrons. The number of rotatable bonds is 3. The summed E-state index contributed by atoms with van der Waals surface area (Å²) in [6, 6.07) is 9.94. The largest absolute Gasteiger partial charge is 0.378 e. The van der Waals surface area contributed by atoms with Gasteiger partial charge in [-0.3, -0.25) is 5.32 Å². The Bertz CT molecular complexity index is 596. The third-order valence-electron chi connectivity index (χ3n) is 3.18. The van der Waals surface area contributed by atoms with Crippen molar-refractivity contribution in [2.75, 3.05) is 31.6 Å². The fourth-order valence-corrected chi connectivity index (χ4v) is 2.85. The van der Waals surface area contributed by atoms with Crippen LogP contribution in [0.25, 0.3) is 0 Å². The second kappa shape index (κ2) is 6.64. The minimum atomic E-state index is -0.138. The first-order valence-electron chi connectivity index (χ1n) is 6.81. The van der Waals surface area contributed by atoms with E-state index in [1.54, 1.807) is 4.90 Å². The Hall–Kier alpha value is -1.99. The second-order valence-electron chi connectivity index (χ2n) is 4.69. The summed E-state index contributed by atoms with van der Waals surface area (Å²) >= 11 is 1.41. The number of benzene rings is 1. The Labute approximate surface area is 126 Å². The van der Waals surface area contributed by atoms with Crippen LogP contribution in [0.5, 0.6) is 0 Å². The number of morpholine rings is 1. The fourth-order valence-electron chi connectivity index (χ4n) is 2.08. The van der Waals surface area contributed by atoms with E-state index < -0.39 is 0 Å². The molecular weight excluding hydrogens is 288 g/mol. The molecule has 1 aromatic heterocycles. The number of carbonyl (C=O) groups is 1. The number of urea groups is 1. The predicted molar refractivity (Wildman–Crippen MR) is 80.6 cm³/mol. The van der Waals surface area contributed by atoms with Crippen LogP contribution in [0.4, 0.5) is 9.93 Å². The zero-order chi connectivity index (χ0) is 14.5. The Kier molecular flexibility index (Phi) is 4.42. The van der Waals surface area contributed by atoms with E-state index in [1.807, 2.05) is 30.3 Å². The van der Waals surface area contributed by atoms with Gasteiger partial charge in [-0.15, -0.1) is 10.2 Å². The van der Waals surface area contributed by atoms with Crippen LogP contribution in [0.2, 0.25) is 0 Å². The van der Waals surface area contributed by atoms with Gasteiger partial charge < -0.3 is 9.64 Å². The quantitative estimate of drug-likeness (QED) is 0.941. The first-order valence-corrected chi connectivity index (χ1v) is 7.63. The van der Waals surface area contributed by atoms with E-state index in [2.05, 4.69) is 15.5 Å². The molecule has 1 fully saturated rings. The van der Waals surface area contributed by atoms with Gasteiger partial charge in [0.2, 0.25) is 5.13 Å². The molecule has 0 aliphatic carbocycles. The highest BCUT2D eigenvalue weighted by molar-refractivity contribution is 7.15. The Morgan fingerprint density at radius 3 is 2.76 bits per heavy atom. The maximum absolute atomic E-state index is 12.0. The molecule has 6 nitrogen and oxygen atoms in total. The molecule has 7 heteroatoms. The van der Waals surface area contributed by atoms with Crippen molar-refractivity contribution in [1.29, 1.82) is 0 Å². The topological polar surface area (TPSA) is 67.4 Å². The number of ether oxygens (including phenoxy) is 1.